The van der Waals surface area contributed by atoms with Crippen molar-refractivity contribution in [1.82, 2.24) is 4.57 Å². The molecule has 0 unspecified atom stereocenters. The minimum Gasteiger partial charge on any atom is -0.312 e. The Kier molecular flexibility index (Phi) is 7.59. The zero-order valence-corrected chi connectivity index (χ0v) is 33.4. The van der Waals surface area contributed by atoms with E-state index in [-0.39, 0.29) is 10.8 Å². The Morgan fingerprint density at radius 1 is 0.379 bits per heavy atom. The number of hydrogen-bond acceptors (Lipinski definition) is 1. The summed E-state index contributed by atoms with van der Waals surface area (Å²) in [5, 5.41) is 1.29. The molecule has 0 amide bonds. The number of hydrogen-bond donors (Lipinski definition) is 0. The molecule has 11 rings (SSSR count). The van der Waals surface area contributed by atoms with Crippen molar-refractivity contribution in [2.45, 2.75) is 38.5 Å². The molecular formula is C56H44N2. The number of benzene rings is 8. The average molecular weight is 745 g/mol. The Hall–Kier alpha value is -6.90. The monoisotopic (exact) mass is 744 g/mol. The lowest BCUT2D eigenvalue weighted by Crippen LogP contribution is -2.19. The van der Waals surface area contributed by atoms with E-state index in [0.29, 0.717) is 0 Å². The zero-order chi connectivity index (χ0) is 39.2. The maximum absolute atomic E-state index is 2.49. The summed E-state index contributed by atoms with van der Waals surface area (Å²) in [7, 11) is 0. The van der Waals surface area contributed by atoms with Crippen molar-refractivity contribution in [3.8, 4) is 50.2 Å². The predicted molar refractivity (Wildman–Crippen MR) is 244 cm³/mol. The molecule has 2 heteroatoms. The van der Waals surface area contributed by atoms with Crippen molar-refractivity contribution in [2.75, 3.05) is 4.90 Å². The van der Waals surface area contributed by atoms with Gasteiger partial charge in [-0.05, 0) is 116 Å². The highest BCUT2D eigenvalue weighted by Gasteiger charge is 2.41. The molecule has 8 aromatic carbocycles. The first-order valence-electron chi connectivity index (χ1n) is 20.4. The van der Waals surface area contributed by atoms with Crippen LogP contribution in [-0.2, 0) is 10.8 Å². The number of aromatic nitrogens is 1. The fraction of sp³-hybridized carbons (Fsp3) is 0.107. The maximum atomic E-state index is 2.49. The van der Waals surface area contributed by atoms with E-state index in [9.17, 15) is 0 Å². The number of nitrogens with zero attached hydrogens (tertiary/aromatic N) is 2. The summed E-state index contributed by atoms with van der Waals surface area (Å²) in [5.74, 6) is 0. The summed E-state index contributed by atoms with van der Waals surface area (Å²) in [6.45, 7) is 9.46. The van der Waals surface area contributed by atoms with Crippen LogP contribution in [0.3, 0.4) is 0 Å². The average Bonchev–Trinajstić information content (AvgIpc) is 3.82. The second kappa shape index (κ2) is 12.8. The van der Waals surface area contributed by atoms with Crippen LogP contribution < -0.4 is 4.90 Å². The van der Waals surface area contributed by atoms with E-state index in [4.69, 9.17) is 0 Å². The SMILES string of the molecule is CC1(C)c2ccccc2-c2ccc(N(c3ccc(-c4ccccc4)cc3)c3ccc(-c4ccc5c(c4)c4c(n5-c5ccccc5)C(C)(C)c5ccccc5-4)cc3)cc21. The predicted octanol–water partition coefficient (Wildman–Crippen LogP) is 15.0. The summed E-state index contributed by atoms with van der Waals surface area (Å²) >= 11 is 0. The first kappa shape index (κ1) is 34.4. The molecule has 1 aromatic heterocycles. The van der Waals surface area contributed by atoms with E-state index >= 15 is 0 Å². The van der Waals surface area contributed by atoms with Crippen molar-refractivity contribution in [2.24, 2.45) is 0 Å². The number of fused-ring (bicyclic) bond motifs is 8. The summed E-state index contributed by atoms with van der Waals surface area (Å²) in [5.41, 5.74) is 21.3. The molecule has 278 valence electrons. The normalized spacial score (nSPS) is 14.1. The fourth-order valence-corrected chi connectivity index (χ4v) is 10.1. The minimum atomic E-state index is -0.138. The first-order chi connectivity index (χ1) is 28.3. The molecule has 58 heavy (non-hydrogen) atoms. The maximum Gasteiger partial charge on any atom is 0.0538 e. The Bertz CT molecular complexity index is 3020. The fourth-order valence-electron chi connectivity index (χ4n) is 10.1. The van der Waals surface area contributed by atoms with E-state index in [1.165, 1.54) is 83.5 Å². The molecule has 0 aliphatic heterocycles. The van der Waals surface area contributed by atoms with Gasteiger partial charge in [-0.1, -0.05) is 161 Å². The van der Waals surface area contributed by atoms with Crippen LogP contribution in [0.4, 0.5) is 17.1 Å². The van der Waals surface area contributed by atoms with E-state index in [1.807, 2.05) is 0 Å². The molecule has 2 aliphatic carbocycles. The van der Waals surface area contributed by atoms with Gasteiger partial charge in [0.1, 0.15) is 0 Å². The number of para-hydroxylation sites is 1. The van der Waals surface area contributed by atoms with Crippen molar-refractivity contribution < 1.29 is 0 Å². The van der Waals surface area contributed by atoms with Gasteiger partial charge in [-0.25, -0.2) is 0 Å². The minimum absolute atomic E-state index is 0.0946. The molecule has 2 nitrogen and oxygen atoms in total. The van der Waals surface area contributed by atoms with Gasteiger partial charge >= 0.3 is 0 Å². The Labute approximate surface area is 341 Å². The van der Waals surface area contributed by atoms with Gasteiger partial charge in [0, 0.05) is 50.2 Å². The van der Waals surface area contributed by atoms with Crippen LogP contribution in [-0.4, -0.2) is 4.57 Å². The second-order valence-electron chi connectivity index (χ2n) is 17.0. The van der Waals surface area contributed by atoms with Gasteiger partial charge in [-0.15, -0.1) is 0 Å². The third kappa shape index (κ3) is 5.11. The quantitative estimate of drug-likeness (QED) is 0.165. The second-order valence-corrected chi connectivity index (χ2v) is 17.0. The van der Waals surface area contributed by atoms with Crippen LogP contribution in [0.2, 0.25) is 0 Å². The molecule has 0 bridgehead atoms. The van der Waals surface area contributed by atoms with E-state index < -0.39 is 0 Å². The largest absolute Gasteiger partial charge is 0.312 e. The van der Waals surface area contributed by atoms with Gasteiger partial charge in [0.15, 0.2) is 0 Å². The van der Waals surface area contributed by atoms with Gasteiger partial charge in [0.25, 0.3) is 0 Å². The van der Waals surface area contributed by atoms with Gasteiger partial charge in [0.05, 0.1) is 5.52 Å². The van der Waals surface area contributed by atoms with Crippen LogP contribution in [0, 0.1) is 0 Å². The molecule has 9 aromatic rings. The van der Waals surface area contributed by atoms with Crippen molar-refractivity contribution >= 4 is 28.0 Å². The topological polar surface area (TPSA) is 8.17 Å². The summed E-state index contributed by atoms with van der Waals surface area (Å²) in [6.07, 6.45) is 0. The lowest BCUT2D eigenvalue weighted by molar-refractivity contribution is 0.624. The Morgan fingerprint density at radius 2 is 0.879 bits per heavy atom. The van der Waals surface area contributed by atoms with E-state index in [0.717, 1.165) is 17.1 Å². The summed E-state index contributed by atoms with van der Waals surface area (Å²) in [4.78, 5) is 2.41. The molecule has 0 saturated heterocycles. The van der Waals surface area contributed by atoms with E-state index in [2.05, 4.69) is 231 Å². The van der Waals surface area contributed by atoms with Crippen LogP contribution in [0.25, 0.3) is 61.1 Å². The molecule has 0 atom stereocenters. The molecule has 2 aliphatic rings. The molecular weight excluding hydrogens is 701 g/mol. The molecule has 0 N–H and O–H groups in total. The van der Waals surface area contributed by atoms with Crippen molar-refractivity contribution in [3.63, 3.8) is 0 Å². The lowest BCUT2D eigenvalue weighted by atomic mass is 9.82. The summed E-state index contributed by atoms with van der Waals surface area (Å²) < 4.78 is 2.49. The summed E-state index contributed by atoms with van der Waals surface area (Å²) in [6, 6.07) is 71.6. The highest BCUT2D eigenvalue weighted by molar-refractivity contribution is 6.05. The molecule has 1 heterocycles. The van der Waals surface area contributed by atoms with Crippen LogP contribution in [0.1, 0.15) is 50.1 Å². The van der Waals surface area contributed by atoms with Crippen LogP contribution in [0.5, 0.6) is 0 Å². The lowest BCUT2D eigenvalue weighted by Gasteiger charge is -2.28. The van der Waals surface area contributed by atoms with Gasteiger partial charge in [0.2, 0.25) is 0 Å². The Morgan fingerprint density at radius 3 is 1.55 bits per heavy atom. The standard InChI is InChI=1S/C56H44N2/c1-55(2)49-21-13-11-19-45(49)46-33-32-44(36-51(46)55)57(42-28-23-38(24-29-42)37-15-7-5-8-16-37)43-30-25-39(26-31-43)40-27-34-52-48(35-40)53-47-20-12-14-22-50(47)56(3,4)54(53)58(52)41-17-9-6-10-18-41/h5-36H,1-4H3. The van der Waals surface area contributed by atoms with Crippen molar-refractivity contribution in [1.29, 1.82) is 0 Å². The van der Waals surface area contributed by atoms with Crippen LogP contribution in [0.15, 0.2) is 194 Å². The van der Waals surface area contributed by atoms with E-state index in [1.54, 1.807) is 0 Å². The number of anilines is 3. The molecule has 0 radical (unpaired) electrons. The van der Waals surface area contributed by atoms with Gasteiger partial charge < -0.3 is 9.47 Å². The Balaban J connectivity index is 1.03. The third-order valence-corrected chi connectivity index (χ3v) is 13.0. The smallest absolute Gasteiger partial charge is 0.0538 e. The zero-order valence-electron chi connectivity index (χ0n) is 33.4. The third-order valence-electron chi connectivity index (χ3n) is 13.0. The highest BCUT2D eigenvalue weighted by atomic mass is 15.1. The molecule has 0 saturated carbocycles. The highest BCUT2D eigenvalue weighted by Crippen LogP contribution is 2.54. The number of rotatable bonds is 6. The first-order valence-corrected chi connectivity index (χ1v) is 20.4. The van der Waals surface area contributed by atoms with Gasteiger partial charge in [-0.3, -0.25) is 0 Å². The molecule has 0 fully saturated rings. The van der Waals surface area contributed by atoms with Crippen molar-refractivity contribution in [3.05, 3.63) is 217 Å². The van der Waals surface area contributed by atoms with Crippen LogP contribution >= 0.6 is 0 Å². The molecule has 0 spiro atoms. The van der Waals surface area contributed by atoms with Gasteiger partial charge in [-0.2, -0.15) is 0 Å².